The second-order valence-corrected chi connectivity index (χ2v) is 7.15. The van der Waals surface area contributed by atoms with E-state index in [9.17, 15) is 9.59 Å². The minimum absolute atomic E-state index is 0.0266. The maximum atomic E-state index is 12.1. The molecule has 0 radical (unpaired) electrons. The standard InChI is InChI=1S/C18H25N3O4/c1-13-10-15(20-25-13)11-19-16(22)8-7-14-6-5-9-21(12-14)17(23)24-18(2,3)4/h10,14H,5-6,9,11-12H2,1-4H3,(H,19,22)/t14-/m1/s1. The summed E-state index contributed by atoms with van der Waals surface area (Å²) in [6.45, 7) is 8.73. The van der Waals surface area contributed by atoms with Gasteiger partial charge >= 0.3 is 6.09 Å². The zero-order valence-corrected chi connectivity index (χ0v) is 15.2. The van der Waals surface area contributed by atoms with Crippen LogP contribution in [0.2, 0.25) is 0 Å². The van der Waals surface area contributed by atoms with Crippen molar-refractivity contribution in [2.45, 2.75) is 52.7 Å². The predicted octanol–water partition coefficient (Wildman–Crippen LogP) is 2.25. The van der Waals surface area contributed by atoms with E-state index in [-0.39, 0.29) is 24.5 Å². The summed E-state index contributed by atoms with van der Waals surface area (Å²) in [6.07, 6.45) is 1.38. The third-order valence-electron chi connectivity index (χ3n) is 3.57. The Balaban J connectivity index is 1.82. The Morgan fingerprint density at radius 2 is 2.24 bits per heavy atom. The molecule has 0 aromatic carbocycles. The van der Waals surface area contributed by atoms with Crippen LogP contribution in [0.25, 0.3) is 0 Å². The number of aryl methyl sites for hydroxylation is 1. The van der Waals surface area contributed by atoms with E-state index in [4.69, 9.17) is 9.26 Å². The lowest BCUT2D eigenvalue weighted by Gasteiger charge is -2.32. The van der Waals surface area contributed by atoms with Crippen molar-refractivity contribution in [2.75, 3.05) is 13.1 Å². The fraction of sp³-hybridized carbons (Fsp3) is 0.611. The van der Waals surface area contributed by atoms with Gasteiger partial charge < -0.3 is 19.5 Å². The van der Waals surface area contributed by atoms with E-state index in [1.165, 1.54) is 0 Å². The molecule has 0 saturated carbocycles. The van der Waals surface area contributed by atoms with E-state index in [0.717, 1.165) is 12.8 Å². The van der Waals surface area contributed by atoms with Crippen LogP contribution in [-0.4, -0.2) is 40.7 Å². The Morgan fingerprint density at radius 1 is 1.48 bits per heavy atom. The molecule has 2 rings (SSSR count). The average molecular weight is 347 g/mol. The van der Waals surface area contributed by atoms with Crippen LogP contribution in [0.15, 0.2) is 10.6 Å². The zero-order valence-electron chi connectivity index (χ0n) is 15.2. The van der Waals surface area contributed by atoms with Gasteiger partial charge in [-0.15, -0.1) is 0 Å². The molecule has 0 unspecified atom stereocenters. The van der Waals surface area contributed by atoms with Gasteiger partial charge in [-0.2, -0.15) is 0 Å². The zero-order chi connectivity index (χ0) is 18.4. The highest BCUT2D eigenvalue weighted by molar-refractivity contribution is 5.93. The van der Waals surface area contributed by atoms with E-state index < -0.39 is 5.60 Å². The number of ether oxygens (including phenoxy) is 1. The van der Waals surface area contributed by atoms with Gasteiger partial charge in [-0.25, -0.2) is 4.79 Å². The monoisotopic (exact) mass is 347 g/mol. The molecule has 2 heterocycles. The van der Waals surface area contributed by atoms with E-state index in [1.54, 1.807) is 17.9 Å². The quantitative estimate of drug-likeness (QED) is 0.830. The summed E-state index contributed by atoms with van der Waals surface area (Å²) in [5.41, 5.74) is 0.135. The van der Waals surface area contributed by atoms with Crippen LogP contribution in [0.5, 0.6) is 0 Å². The highest BCUT2D eigenvalue weighted by atomic mass is 16.6. The Morgan fingerprint density at radius 3 is 2.88 bits per heavy atom. The van der Waals surface area contributed by atoms with Crippen molar-refractivity contribution in [1.29, 1.82) is 0 Å². The summed E-state index contributed by atoms with van der Waals surface area (Å²) >= 11 is 0. The van der Waals surface area contributed by atoms with Gasteiger partial charge in [-0.3, -0.25) is 4.79 Å². The van der Waals surface area contributed by atoms with Crippen molar-refractivity contribution < 1.29 is 18.8 Å². The number of carbonyl (C=O) groups is 2. The summed E-state index contributed by atoms with van der Waals surface area (Å²) in [5.74, 6) is 5.86. The first-order valence-corrected chi connectivity index (χ1v) is 8.42. The first-order valence-electron chi connectivity index (χ1n) is 8.42. The molecule has 136 valence electrons. The molecule has 1 aromatic heterocycles. The highest BCUT2D eigenvalue weighted by Gasteiger charge is 2.26. The summed E-state index contributed by atoms with van der Waals surface area (Å²) < 4.78 is 10.3. The Labute approximate surface area is 148 Å². The Kier molecular flexibility index (Phi) is 6.07. The van der Waals surface area contributed by atoms with Gasteiger partial charge in [0, 0.05) is 25.1 Å². The van der Waals surface area contributed by atoms with Crippen molar-refractivity contribution in [3.05, 3.63) is 17.5 Å². The summed E-state index contributed by atoms with van der Waals surface area (Å²) in [6, 6.07) is 1.76. The number of hydrogen-bond donors (Lipinski definition) is 1. The number of carbonyl (C=O) groups excluding carboxylic acids is 2. The van der Waals surface area contributed by atoms with Crippen molar-refractivity contribution in [2.24, 2.45) is 5.92 Å². The molecule has 7 heteroatoms. The first-order chi connectivity index (χ1) is 11.7. The molecule has 0 spiro atoms. The fourth-order valence-corrected chi connectivity index (χ4v) is 2.47. The van der Waals surface area contributed by atoms with Gasteiger partial charge in [0.2, 0.25) is 0 Å². The van der Waals surface area contributed by atoms with Crippen LogP contribution in [0.3, 0.4) is 0 Å². The lowest BCUT2D eigenvalue weighted by molar-refractivity contribution is -0.115. The normalized spacial score (nSPS) is 17.4. The largest absolute Gasteiger partial charge is 0.444 e. The Hall–Kier alpha value is -2.49. The molecule has 7 nitrogen and oxygen atoms in total. The first kappa shape index (κ1) is 18.8. The number of rotatable bonds is 2. The van der Waals surface area contributed by atoms with Crippen LogP contribution < -0.4 is 5.32 Å². The van der Waals surface area contributed by atoms with E-state index in [2.05, 4.69) is 22.3 Å². The number of nitrogens with one attached hydrogen (secondary N) is 1. The molecule has 2 amide bonds. The molecule has 0 aliphatic carbocycles. The molecule has 1 N–H and O–H groups in total. The number of hydrogen-bond acceptors (Lipinski definition) is 5. The average Bonchev–Trinajstić information content (AvgIpc) is 2.95. The van der Waals surface area contributed by atoms with Gasteiger partial charge in [-0.05, 0) is 46.5 Å². The molecule has 25 heavy (non-hydrogen) atoms. The summed E-state index contributed by atoms with van der Waals surface area (Å²) in [5, 5.41) is 6.48. The number of aromatic nitrogens is 1. The number of amides is 2. The molecule has 1 aromatic rings. The van der Waals surface area contributed by atoms with Crippen molar-refractivity contribution in [3.8, 4) is 11.8 Å². The lowest BCUT2D eigenvalue weighted by Crippen LogP contribution is -2.42. The fourth-order valence-electron chi connectivity index (χ4n) is 2.47. The molecule has 1 aliphatic heterocycles. The number of likely N-dealkylation sites (tertiary alicyclic amines) is 1. The van der Waals surface area contributed by atoms with Crippen LogP contribution in [0.4, 0.5) is 4.79 Å². The second-order valence-electron chi connectivity index (χ2n) is 7.15. The van der Waals surface area contributed by atoms with Gasteiger partial charge in [0.15, 0.2) is 0 Å². The minimum Gasteiger partial charge on any atom is -0.444 e. The van der Waals surface area contributed by atoms with E-state index in [0.29, 0.717) is 24.5 Å². The predicted molar refractivity (Wildman–Crippen MR) is 91.4 cm³/mol. The number of nitrogens with zero attached hydrogens (tertiary/aromatic N) is 2. The SMILES string of the molecule is Cc1cc(CNC(=O)C#C[C@H]2CCCN(C(=O)OC(C)(C)C)C2)no1. The number of piperidine rings is 1. The molecular weight excluding hydrogens is 322 g/mol. The molecule has 1 fully saturated rings. The van der Waals surface area contributed by atoms with Crippen LogP contribution in [-0.2, 0) is 16.1 Å². The smallest absolute Gasteiger partial charge is 0.410 e. The van der Waals surface area contributed by atoms with Crippen molar-refractivity contribution in [1.82, 2.24) is 15.4 Å². The third-order valence-corrected chi connectivity index (χ3v) is 3.57. The van der Waals surface area contributed by atoms with Crippen LogP contribution in [0.1, 0.15) is 45.1 Å². The molecule has 1 aliphatic rings. The van der Waals surface area contributed by atoms with Gasteiger partial charge in [0.05, 0.1) is 6.54 Å². The van der Waals surface area contributed by atoms with Crippen LogP contribution in [0, 0.1) is 24.7 Å². The Bertz CT molecular complexity index is 678. The minimum atomic E-state index is -0.519. The van der Waals surface area contributed by atoms with Crippen molar-refractivity contribution in [3.63, 3.8) is 0 Å². The summed E-state index contributed by atoms with van der Waals surface area (Å²) in [7, 11) is 0. The highest BCUT2D eigenvalue weighted by Crippen LogP contribution is 2.18. The molecule has 1 saturated heterocycles. The van der Waals surface area contributed by atoms with Gasteiger partial charge in [0.25, 0.3) is 5.91 Å². The molecular formula is C18H25N3O4. The molecule has 0 bridgehead atoms. The van der Waals surface area contributed by atoms with E-state index >= 15 is 0 Å². The molecule has 1 atom stereocenters. The maximum Gasteiger partial charge on any atom is 0.410 e. The van der Waals surface area contributed by atoms with Crippen LogP contribution >= 0.6 is 0 Å². The summed E-state index contributed by atoms with van der Waals surface area (Å²) in [4.78, 5) is 25.6. The van der Waals surface area contributed by atoms with E-state index in [1.807, 2.05) is 20.8 Å². The second kappa shape index (κ2) is 8.06. The van der Waals surface area contributed by atoms with Gasteiger partial charge in [-0.1, -0.05) is 11.1 Å². The van der Waals surface area contributed by atoms with Gasteiger partial charge in [0.1, 0.15) is 17.1 Å². The maximum absolute atomic E-state index is 12.1. The third kappa shape index (κ3) is 6.49. The van der Waals surface area contributed by atoms with Crippen molar-refractivity contribution >= 4 is 12.0 Å². The topological polar surface area (TPSA) is 84.7 Å². The lowest BCUT2D eigenvalue weighted by atomic mass is 9.99.